The van der Waals surface area contributed by atoms with Gasteiger partial charge in [0.1, 0.15) is 17.8 Å². The van der Waals surface area contributed by atoms with Gasteiger partial charge in [-0.2, -0.15) is 0 Å². The van der Waals surface area contributed by atoms with E-state index in [9.17, 15) is 4.79 Å². The molecule has 6 heteroatoms. The number of piperazine rings is 1. The Labute approximate surface area is 161 Å². The van der Waals surface area contributed by atoms with Gasteiger partial charge in [0.25, 0.3) is 5.91 Å². The minimum Gasteiger partial charge on any atom is -0.368 e. The van der Waals surface area contributed by atoms with Gasteiger partial charge in [0, 0.05) is 51.0 Å². The molecule has 0 atom stereocenters. The highest BCUT2D eigenvalue weighted by Gasteiger charge is 2.23. The first-order chi connectivity index (χ1) is 13.2. The topological polar surface area (TPSA) is 52.6 Å². The van der Waals surface area contributed by atoms with Crippen LogP contribution in [0.3, 0.4) is 0 Å². The second kappa shape index (κ2) is 9.35. The third-order valence-corrected chi connectivity index (χ3v) is 4.87. The van der Waals surface area contributed by atoms with E-state index in [0.717, 1.165) is 44.8 Å². The van der Waals surface area contributed by atoms with Crippen molar-refractivity contribution in [2.75, 3.05) is 49.1 Å². The van der Waals surface area contributed by atoms with E-state index in [0.29, 0.717) is 18.8 Å². The van der Waals surface area contributed by atoms with E-state index in [1.54, 1.807) is 0 Å². The van der Waals surface area contributed by atoms with Crippen LogP contribution in [-0.4, -0.2) is 60.0 Å². The summed E-state index contributed by atoms with van der Waals surface area (Å²) in [6, 6.07) is 12.2. The van der Waals surface area contributed by atoms with Gasteiger partial charge >= 0.3 is 0 Å². The van der Waals surface area contributed by atoms with Crippen LogP contribution in [-0.2, 0) is 0 Å². The van der Waals surface area contributed by atoms with Crippen molar-refractivity contribution in [3.05, 3.63) is 48.4 Å². The third kappa shape index (κ3) is 4.76. The Morgan fingerprint density at radius 1 is 1.00 bits per heavy atom. The molecule has 1 saturated heterocycles. The first-order valence-electron chi connectivity index (χ1n) is 9.89. The van der Waals surface area contributed by atoms with Crippen LogP contribution in [0.1, 0.15) is 37.2 Å². The number of aromatic nitrogens is 2. The fourth-order valence-corrected chi connectivity index (χ4v) is 3.49. The van der Waals surface area contributed by atoms with Crippen molar-refractivity contribution in [3.63, 3.8) is 0 Å². The highest BCUT2D eigenvalue weighted by Crippen LogP contribution is 2.18. The normalized spacial score (nSPS) is 14.3. The lowest BCUT2D eigenvalue weighted by molar-refractivity contribution is 0.0740. The summed E-state index contributed by atoms with van der Waals surface area (Å²) in [7, 11) is 0. The van der Waals surface area contributed by atoms with Crippen LogP contribution >= 0.6 is 0 Å². The monoisotopic (exact) mass is 367 g/mol. The van der Waals surface area contributed by atoms with Gasteiger partial charge in [-0.1, -0.05) is 32.0 Å². The lowest BCUT2D eigenvalue weighted by Gasteiger charge is -2.36. The van der Waals surface area contributed by atoms with Gasteiger partial charge < -0.3 is 14.7 Å². The Bertz CT molecular complexity index is 722. The van der Waals surface area contributed by atoms with E-state index in [2.05, 4.69) is 45.7 Å². The Kier molecular flexibility index (Phi) is 6.63. The second-order valence-corrected chi connectivity index (χ2v) is 6.86. The highest BCUT2D eigenvalue weighted by atomic mass is 16.2. The number of hydrogen-bond acceptors (Lipinski definition) is 5. The average Bonchev–Trinajstić information content (AvgIpc) is 2.74. The zero-order valence-corrected chi connectivity index (χ0v) is 16.3. The molecule has 1 fully saturated rings. The van der Waals surface area contributed by atoms with E-state index in [1.165, 1.54) is 12.0 Å². The van der Waals surface area contributed by atoms with Crippen molar-refractivity contribution in [1.29, 1.82) is 0 Å². The summed E-state index contributed by atoms with van der Waals surface area (Å²) in [6.45, 7) is 9.28. The summed E-state index contributed by atoms with van der Waals surface area (Å²) in [5, 5.41) is 0. The van der Waals surface area contributed by atoms with Gasteiger partial charge in [0.2, 0.25) is 0 Å². The number of nitrogens with zero attached hydrogens (tertiary/aromatic N) is 5. The van der Waals surface area contributed by atoms with Crippen LogP contribution in [0.2, 0.25) is 0 Å². The van der Waals surface area contributed by atoms with Gasteiger partial charge in [-0.05, 0) is 25.0 Å². The van der Waals surface area contributed by atoms with Crippen molar-refractivity contribution >= 4 is 17.4 Å². The molecule has 6 nitrogen and oxygen atoms in total. The lowest BCUT2D eigenvalue weighted by Crippen LogP contribution is -2.49. The summed E-state index contributed by atoms with van der Waals surface area (Å²) in [5.41, 5.74) is 1.70. The molecule has 0 N–H and O–H groups in total. The van der Waals surface area contributed by atoms with Crippen molar-refractivity contribution in [1.82, 2.24) is 14.9 Å². The van der Waals surface area contributed by atoms with Crippen molar-refractivity contribution in [2.24, 2.45) is 0 Å². The quantitative estimate of drug-likeness (QED) is 0.753. The van der Waals surface area contributed by atoms with Gasteiger partial charge in [-0.25, -0.2) is 9.97 Å². The first-order valence-corrected chi connectivity index (χ1v) is 9.89. The Hall–Kier alpha value is -2.63. The maximum absolute atomic E-state index is 12.9. The Balaban J connectivity index is 1.65. The molecule has 3 rings (SSSR count). The predicted octanol–water partition coefficient (Wildman–Crippen LogP) is 3.07. The molecule has 1 aromatic carbocycles. The molecule has 2 aromatic rings. The minimum absolute atomic E-state index is 0.000640. The van der Waals surface area contributed by atoms with Crippen molar-refractivity contribution in [2.45, 2.75) is 26.7 Å². The molecule has 0 spiro atoms. The van der Waals surface area contributed by atoms with E-state index in [-0.39, 0.29) is 5.91 Å². The molecule has 27 heavy (non-hydrogen) atoms. The Morgan fingerprint density at radius 2 is 1.67 bits per heavy atom. The highest BCUT2D eigenvalue weighted by molar-refractivity contribution is 5.93. The largest absolute Gasteiger partial charge is 0.368 e. The minimum atomic E-state index is -0.000640. The van der Waals surface area contributed by atoms with Crippen LogP contribution in [0, 0.1) is 0 Å². The van der Waals surface area contributed by atoms with Gasteiger partial charge in [-0.15, -0.1) is 0 Å². The number of rotatable bonds is 7. The smallest absolute Gasteiger partial charge is 0.272 e. The molecule has 1 aromatic heterocycles. The molecular formula is C21H29N5O. The molecule has 1 aliphatic rings. The molecule has 144 valence electrons. The Morgan fingerprint density at radius 3 is 2.30 bits per heavy atom. The van der Waals surface area contributed by atoms with E-state index < -0.39 is 0 Å². The second-order valence-electron chi connectivity index (χ2n) is 6.86. The number of hydrogen-bond donors (Lipinski definition) is 0. The van der Waals surface area contributed by atoms with Crippen LogP contribution in [0.4, 0.5) is 11.5 Å². The summed E-state index contributed by atoms with van der Waals surface area (Å²) in [6.07, 6.45) is 3.62. The average molecular weight is 367 g/mol. The molecular weight excluding hydrogens is 338 g/mol. The maximum atomic E-state index is 12.9. The number of amides is 1. The molecule has 0 saturated carbocycles. The van der Waals surface area contributed by atoms with Gasteiger partial charge in [0.05, 0.1) is 0 Å². The number of para-hydroxylation sites is 1. The number of anilines is 2. The van der Waals surface area contributed by atoms with Crippen LogP contribution in [0.15, 0.2) is 42.7 Å². The molecule has 0 radical (unpaired) electrons. The van der Waals surface area contributed by atoms with Crippen LogP contribution < -0.4 is 9.80 Å². The van der Waals surface area contributed by atoms with Crippen LogP contribution in [0.5, 0.6) is 0 Å². The molecule has 1 aliphatic heterocycles. The molecule has 2 heterocycles. The van der Waals surface area contributed by atoms with E-state index in [4.69, 9.17) is 0 Å². The third-order valence-electron chi connectivity index (χ3n) is 4.87. The van der Waals surface area contributed by atoms with Gasteiger partial charge in [-0.3, -0.25) is 4.79 Å². The molecule has 0 unspecified atom stereocenters. The SMILES string of the molecule is CCCN(CCC)c1cc(C(=O)N2CCN(c3ccccc3)CC2)ncn1. The summed E-state index contributed by atoms with van der Waals surface area (Å²) >= 11 is 0. The fraction of sp³-hybridized carbons (Fsp3) is 0.476. The standard InChI is InChI=1S/C21H29N5O/c1-3-10-25(11-4-2)20-16-19(22-17-23-20)21(27)26-14-12-24(13-15-26)18-8-6-5-7-9-18/h5-9,16-17H,3-4,10-15H2,1-2H3. The lowest BCUT2D eigenvalue weighted by atomic mass is 10.2. The summed E-state index contributed by atoms with van der Waals surface area (Å²) < 4.78 is 0. The molecule has 0 aliphatic carbocycles. The number of benzene rings is 1. The summed E-state index contributed by atoms with van der Waals surface area (Å²) in [4.78, 5) is 28.0. The number of carbonyl (C=O) groups excluding carboxylic acids is 1. The van der Waals surface area contributed by atoms with Crippen molar-refractivity contribution < 1.29 is 4.79 Å². The van der Waals surface area contributed by atoms with Crippen LogP contribution in [0.25, 0.3) is 0 Å². The van der Waals surface area contributed by atoms with Crippen molar-refractivity contribution in [3.8, 4) is 0 Å². The molecule has 0 bridgehead atoms. The maximum Gasteiger partial charge on any atom is 0.272 e. The zero-order chi connectivity index (χ0) is 19.1. The van der Waals surface area contributed by atoms with E-state index >= 15 is 0 Å². The fourth-order valence-electron chi connectivity index (χ4n) is 3.49. The van der Waals surface area contributed by atoms with E-state index in [1.807, 2.05) is 29.2 Å². The number of carbonyl (C=O) groups is 1. The van der Waals surface area contributed by atoms with Gasteiger partial charge in [0.15, 0.2) is 0 Å². The zero-order valence-electron chi connectivity index (χ0n) is 16.3. The first kappa shape index (κ1) is 19.1. The predicted molar refractivity (Wildman–Crippen MR) is 109 cm³/mol. The molecule has 1 amide bonds. The summed E-state index contributed by atoms with van der Waals surface area (Å²) in [5.74, 6) is 0.847.